The number of nitrogens with one attached hydrogen (secondary N) is 2. The Labute approximate surface area is 128 Å². The van der Waals surface area contributed by atoms with Crippen molar-refractivity contribution in [1.29, 1.82) is 0 Å². The lowest BCUT2D eigenvalue weighted by molar-refractivity contribution is 0.102. The number of nitrogens with zero attached hydrogens (tertiary/aromatic N) is 3. The predicted octanol–water partition coefficient (Wildman–Crippen LogP) is 2.88. The van der Waals surface area contributed by atoms with Crippen LogP contribution in [0.3, 0.4) is 0 Å². The maximum absolute atomic E-state index is 12.1. The van der Waals surface area contributed by atoms with Crippen LogP contribution in [0.15, 0.2) is 53.5 Å². The lowest BCUT2D eigenvalue weighted by atomic mass is 10.2. The molecule has 0 fully saturated rings. The van der Waals surface area contributed by atoms with Crippen LogP contribution >= 0.6 is 15.9 Å². The second-order valence-corrected chi connectivity index (χ2v) is 5.16. The van der Waals surface area contributed by atoms with E-state index in [1.54, 1.807) is 30.7 Å². The molecule has 3 aromatic rings. The highest BCUT2D eigenvalue weighted by atomic mass is 79.9. The van der Waals surface area contributed by atoms with Gasteiger partial charge in [0.25, 0.3) is 5.91 Å². The molecule has 7 heteroatoms. The van der Waals surface area contributed by atoms with Crippen molar-refractivity contribution < 1.29 is 4.79 Å². The van der Waals surface area contributed by atoms with Crippen molar-refractivity contribution in [2.45, 2.75) is 0 Å². The number of carbonyl (C=O) groups is 1. The maximum atomic E-state index is 12.1. The fourth-order valence-corrected chi connectivity index (χ4v) is 2.15. The molecule has 3 heterocycles. The SMILES string of the molecule is O=C(Nc1cc(-c2ccncc2)[nH]n1)c1cncc(Br)c1. The van der Waals surface area contributed by atoms with Crippen LogP contribution in [0.2, 0.25) is 0 Å². The molecule has 6 nitrogen and oxygen atoms in total. The van der Waals surface area contributed by atoms with E-state index in [1.165, 1.54) is 6.20 Å². The molecule has 0 radical (unpaired) electrons. The molecule has 1 amide bonds. The molecule has 0 spiro atoms. The topological polar surface area (TPSA) is 83.6 Å². The van der Waals surface area contributed by atoms with E-state index in [0.29, 0.717) is 11.4 Å². The highest BCUT2D eigenvalue weighted by Gasteiger charge is 2.10. The number of aromatic amines is 1. The number of rotatable bonds is 3. The average Bonchev–Trinajstić information content (AvgIpc) is 2.97. The zero-order valence-electron chi connectivity index (χ0n) is 10.7. The molecule has 0 bridgehead atoms. The summed E-state index contributed by atoms with van der Waals surface area (Å²) in [6, 6.07) is 7.17. The van der Waals surface area contributed by atoms with Gasteiger partial charge < -0.3 is 5.32 Å². The van der Waals surface area contributed by atoms with E-state index >= 15 is 0 Å². The average molecular weight is 344 g/mol. The monoisotopic (exact) mass is 343 g/mol. The second kappa shape index (κ2) is 5.84. The molecule has 0 saturated heterocycles. The van der Waals surface area contributed by atoms with E-state index in [1.807, 2.05) is 12.1 Å². The molecule has 21 heavy (non-hydrogen) atoms. The Hall–Kier alpha value is -2.54. The third-order valence-corrected chi connectivity index (χ3v) is 3.21. The molecule has 0 aliphatic rings. The molecule has 0 aliphatic carbocycles. The molecular weight excluding hydrogens is 334 g/mol. The Kier molecular flexibility index (Phi) is 3.74. The molecule has 104 valence electrons. The van der Waals surface area contributed by atoms with Gasteiger partial charge in [0.15, 0.2) is 5.82 Å². The number of amides is 1. The van der Waals surface area contributed by atoms with Crippen LogP contribution in [0.25, 0.3) is 11.3 Å². The zero-order chi connectivity index (χ0) is 14.7. The lowest BCUT2D eigenvalue weighted by Gasteiger charge is -2.01. The number of halogens is 1. The molecular formula is C14H10BrN5O. The number of pyridine rings is 2. The summed E-state index contributed by atoms with van der Waals surface area (Å²) >= 11 is 3.28. The summed E-state index contributed by atoms with van der Waals surface area (Å²) in [7, 11) is 0. The van der Waals surface area contributed by atoms with Crippen LogP contribution in [0.5, 0.6) is 0 Å². The van der Waals surface area contributed by atoms with Crippen molar-refractivity contribution in [2.75, 3.05) is 5.32 Å². The summed E-state index contributed by atoms with van der Waals surface area (Å²) in [6.45, 7) is 0. The molecule has 0 aliphatic heterocycles. The van der Waals surface area contributed by atoms with Crippen LogP contribution in [0, 0.1) is 0 Å². The Morgan fingerprint density at radius 3 is 2.71 bits per heavy atom. The Morgan fingerprint density at radius 2 is 1.95 bits per heavy atom. The first-order chi connectivity index (χ1) is 10.2. The highest BCUT2D eigenvalue weighted by molar-refractivity contribution is 9.10. The minimum absolute atomic E-state index is 0.267. The van der Waals surface area contributed by atoms with Crippen molar-refractivity contribution in [2.24, 2.45) is 0 Å². The van der Waals surface area contributed by atoms with Gasteiger partial charge in [0.2, 0.25) is 0 Å². The number of aromatic nitrogens is 4. The van der Waals surface area contributed by atoms with Crippen LogP contribution in [-0.2, 0) is 0 Å². The van der Waals surface area contributed by atoms with Gasteiger partial charge >= 0.3 is 0 Å². The highest BCUT2D eigenvalue weighted by Crippen LogP contribution is 2.19. The quantitative estimate of drug-likeness (QED) is 0.765. The van der Waals surface area contributed by atoms with E-state index in [2.05, 4.69) is 41.4 Å². The molecule has 0 atom stereocenters. The van der Waals surface area contributed by atoms with Crippen molar-refractivity contribution >= 4 is 27.7 Å². The van der Waals surface area contributed by atoms with Crippen molar-refractivity contribution in [3.8, 4) is 11.3 Å². The summed E-state index contributed by atoms with van der Waals surface area (Å²) in [4.78, 5) is 20.0. The van der Waals surface area contributed by atoms with E-state index in [0.717, 1.165) is 15.7 Å². The minimum atomic E-state index is -0.267. The molecule has 2 N–H and O–H groups in total. The van der Waals surface area contributed by atoms with Gasteiger partial charge in [0.05, 0.1) is 11.3 Å². The first-order valence-electron chi connectivity index (χ1n) is 6.10. The summed E-state index contributed by atoms with van der Waals surface area (Å²) in [5.74, 6) is 0.184. The van der Waals surface area contributed by atoms with Crippen molar-refractivity contribution in [1.82, 2.24) is 20.2 Å². The fraction of sp³-hybridized carbons (Fsp3) is 0. The van der Waals surface area contributed by atoms with Crippen LogP contribution in [0.1, 0.15) is 10.4 Å². The van der Waals surface area contributed by atoms with E-state index in [9.17, 15) is 4.79 Å². The Balaban J connectivity index is 1.77. The normalized spacial score (nSPS) is 10.3. The molecule has 3 aromatic heterocycles. The smallest absolute Gasteiger partial charge is 0.258 e. The number of hydrogen-bond acceptors (Lipinski definition) is 4. The van der Waals surface area contributed by atoms with Gasteiger partial charge in [-0.05, 0) is 34.1 Å². The van der Waals surface area contributed by atoms with Gasteiger partial charge in [-0.2, -0.15) is 5.10 Å². The number of hydrogen-bond donors (Lipinski definition) is 2. The van der Waals surface area contributed by atoms with Crippen LogP contribution in [-0.4, -0.2) is 26.1 Å². The number of anilines is 1. The summed E-state index contributed by atoms with van der Waals surface area (Å²) < 4.78 is 0.745. The van der Waals surface area contributed by atoms with E-state index in [-0.39, 0.29) is 5.91 Å². The van der Waals surface area contributed by atoms with Gasteiger partial charge in [0.1, 0.15) is 0 Å². The second-order valence-electron chi connectivity index (χ2n) is 4.25. The minimum Gasteiger partial charge on any atom is -0.305 e. The molecule has 3 rings (SSSR count). The van der Waals surface area contributed by atoms with Crippen molar-refractivity contribution in [3.63, 3.8) is 0 Å². The predicted molar refractivity (Wildman–Crippen MR) is 81.7 cm³/mol. The summed E-state index contributed by atoms with van der Waals surface area (Å²) in [6.07, 6.45) is 6.51. The summed E-state index contributed by atoms with van der Waals surface area (Å²) in [5.41, 5.74) is 2.21. The lowest BCUT2D eigenvalue weighted by Crippen LogP contribution is -2.12. The van der Waals surface area contributed by atoms with Gasteiger partial charge in [0, 0.05) is 40.9 Å². The fourth-order valence-electron chi connectivity index (χ4n) is 1.79. The zero-order valence-corrected chi connectivity index (χ0v) is 12.3. The number of H-pyrrole nitrogens is 1. The first-order valence-corrected chi connectivity index (χ1v) is 6.89. The molecule has 0 saturated carbocycles. The summed E-state index contributed by atoms with van der Waals surface area (Å²) in [5, 5.41) is 9.66. The molecule has 0 aromatic carbocycles. The van der Waals surface area contributed by atoms with E-state index in [4.69, 9.17) is 0 Å². The van der Waals surface area contributed by atoms with Gasteiger partial charge in [-0.15, -0.1) is 0 Å². The van der Waals surface area contributed by atoms with Gasteiger partial charge in [-0.25, -0.2) is 0 Å². The standard InChI is InChI=1S/C14H10BrN5O/c15-11-5-10(7-17-8-11)14(21)18-13-6-12(19-20-13)9-1-3-16-4-2-9/h1-8H,(H2,18,19,20,21). The van der Waals surface area contributed by atoms with Crippen LogP contribution in [0.4, 0.5) is 5.82 Å². The Bertz CT molecular complexity index is 772. The number of carbonyl (C=O) groups excluding carboxylic acids is 1. The largest absolute Gasteiger partial charge is 0.305 e. The third kappa shape index (κ3) is 3.14. The first kappa shape index (κ1) is 13.4. The van der Waals surface area contributed by atoms with Gasteiger partial charge in [-0.1, -0.05) is 0 Å². The maximum Gasteiger partial charge on any atom is 0.258 e. The Morgan fingerprint density at radius 1 is 1.14 bits per heavy atom. The van der Waals surface area contributed by atoms with E-state index < -0.39 is 0 Å². The van der Waals surface area contributed by atoms with Gasteiger partial charge in [-0.3, -0.25) is 19.9 Å². The third-order valence-electron chi connectivity index (χ3n) is 2.78. The van der Waals surface area contributed by atoms with Crippen molar-refractivity contribution in [3.05, 3.63) is 59.1 Å². The van der Waals surface area contributed by atoms with Crippen LogP contribution < -0.4 is 5.32 Å². The molecule has 0 unspecified atom stereocenters.